The minimum atomic E-state index is -0.333. The maximum absolute atomic E-state index is 11.9. The Balaban J connectivity index is 2.14. The first-order valence-corrected chi connectivity index (χ1v) is 8.35. The van der Waals surface area contributed by atoms with Gasteiger partial charge in [0.15, 0.2) is 0 Å². The Bertz CT molecular complexity index is 680. The molecule has 1 N–H and O–H groups in total. The van der Waals surface area contributed by atoms with Crippen LogP contribution >= 0.6 is 11.8 Å². The van der Waals surface area contributed by atoms with Gasteiger partial charge in [-0.3, -0.25) is 4.79 Å². The lowest BCUT2D eigenvalue weighted by Crippen LogP contribution is -2.35. The van der Waals surface area contributed by atoms with Gasteiger partial charge in [-0.05, 0) is 32.9 Å². The smallest absolute Gasteiger partial charge is 0.277 e. The van der Waals surface area contributed by atoms with Crippen LogP contribution < -0.4 is 14.8 Å². The van der Waals surface area contributed by atoms with Crippen molar-refractivity contribution in [3.63, 3.8) is 0 Å². The van der Waals surface area contributed by atoms with E-state index in [1.54, 1.807) is 39.3 Å². The van der Waals surface area contributed by atoms with Crippen LogP contribution in [0.4, 0.5) is 0 Å². The molecule has 0 unspecified atom stereocenters. The summed E-state index contributed by atoms with van der Waals surface area (Å²) in [6, 6.07) is 5.40. The fourth-order valence-electron chi connectivity index (χ4n) is 1.91. The number of carbonyl (C=O) groups excluding carboxylic acids is 1. The number of aromatic nitrogens is 2. The molecule has 24 heavy (non-hydrogen) atoms. The molecule has 0 aliphatic rings. The number of nitrogens with zero attached hydrogens (tertiary/aromatic N) is 2. The number of nitrogens with one attached hydrogen (secondary N) is 1. The third-order valence-electron chi connectivity index (χ3n) is 3.08. The summed E-state index contributed by atoms with van der Waals surface area (Å²) >= 11 is 1.21. The zero-order valence-corrected chi connectivity index (χ0v) is 15.1. The molecule has 130 valence electrons. The van der Waals surface area contributed by atoms with Gasteiger partial charge in [0, 0.05) is 17.7 Å². The lowest BCUT2D eigenvalue weighted by molar-refractivity contribution is -0.120. The molecule has 8 heteroatoms. The molecule has 0 aliphatic carbocycles. The first kappa shape index (κ1) is 18.1. The Labute approximate surface area is 145 Å². The average Bonchev–Trinajstić information content (AvgIpc) is 3.02. The van der Waals surface area contributed by atoms with Gasteiger partial charge in [0.1, 0.15) is 11.5 Å². The van der Waals surface area contributed by atoms with E-state index < -0.39 is 0 Å². The van der Waals surface area contributed by atoms with Crippen LogP contribution in [-0.2, 0) is 4.79 Å². The fourth-order valence-corrected chi connectivity index (χ4v) is 2.60. The Morgan fingerprint density at radius 3 is 2.29 bits per heavy atom. The molecule has 2 rings (SSSR count). The van der Waals surface area contributed by atoms with Crippen molar-refractivity contribution in [2.24, 2.45) is 0 Å². The summed E-state index contributed by atoms with van der Waals surface area (Å²) in [6.45, 7) is 5.62. The van der Waals surface area contributed by atoms with Gasteiger partial charge < -0.3 is 19.2 Å². The van der Waals surface area contributed by atoms with Crippen LogP contribution in [0.2, 0.25) is 0 Å². The van der Waals surface area contributed by atoms with E-state index in [1.165, 1.54) is 11.8 Å². The number of thioether (sulfide) groups is 1. The molecule has 1 heterocycles. The number of benzene rings is 1. The molecule has 0 bridgehead atoms. The van der Waals surface area contributed by atoms with Crippen LogP contribution in [-0.4, -0.2) is 41.6 Å². The van der Waals surface area contributed by atoms with Gasteiger partial charge >= 0.3 is 0 Å². The predicted molar refractivity (Wildman–Crippen MR) is 91.4 cm³/mol. The number of methoxy groups -OCH3 is 2. The molecule has 0 fully saturated rings. The lowest BCUT2D eigenvalue weighted by atomic mass is 10.2. The van der Waals surface area contributed by atoms with Crippen LogP contribution in [0, 0.1) is 0 Å². The normalized spacial score (nSPS) is 12.1. The third kappa shape index (κ3) is 4.64. The maximum atomic E-state index is 11.9. The number of hydrogen-bond donors (Lipinski definition) is 1. The number of ether oxygens (including phenoxy) is 2. The van der Waals surface area contributed by atoms with Crippen molar-refractivity contribution in [2.45, 2.75) is 37.3 Å². The van der Waals surface area contributed by atoms with E-state index in [2.05, 4.69) is 15.5 Å². The van der Waals surface area contributed by atoms with E-state index in [0.717, 1.165) is 0 Å². The maximum Gasteiger partial charge on any atom is 0.277 e. The van der Waals surface area contributed by atoms with Crippen LogP contribution in [0.5, 0.6) is 11.5 Å². The molecule has 1 aromatic heterocycles. The first-order valence-electron chi connectivity index (χ1n) is 7.47. The van der Waals surface area contributed by atoms with Crippen molar-refractivity contribution in [1.82, 2.24) is 15.5 Å². The Kier molecular flexibility index (Phi) is 6.08. The third-order valence-corrected chi connectivity index (χ3v) is 4.02. The van der Waals surface area contributed by atoms with E-state index in [4.69, 9.17) is 13.9 Å². The first-order chi connectivity index (χ1) is 11.4. The molecule has 2 aromatic rings. The largest absolute Gasteiger partial charge is 0.497 e. The van der Waals surface area contributed by atoms with Gasteiger partial charge in [0.05, 0.1) is 19.5 Å². The zero-order chi connectivity index (χ0) is 17.7. The minimum Gasteiger partial charge on any atom is -0.497 e. The molecule has 0 saturated heterocycles. The molecule has 0 aliphatic heterocycles. The zero-order valence-electron chi connectivity index (χ0n) is 14.3. The second-order valence-electron chi connectivity index (χ2n) is 5.40. The van der Waals surface area contributed by atoms with Crippen molar-refractivity contribution in [1.29, 1.82) is 0 Å². The number of carbonyl (C=O) groups is 1. The summed E-state index contributed by atoms with van der Waals surface area (Å²) in [4.78, 5) is 11.9. The van der Waals surface area contributed by atoms with Gasteiger partial charge in [0.25, 0.3) is 5.22 Å². The highest BCUT2D eigenvalue weighted by molar-refractivity contribution is 8.00. The predicted octanol–water partition coefficient (Wildman–Crippen LogP) is 2.76. The van der Waals surface area contributed by atoms with E-state index in [0.29, 0.717) is 28.2 Å². The lowest BCUT2D eigenvalue weighted by Gasteiger charge is -2.12. The molecule has 0 spiro atoms. The van der Waals surface area contributed by atoms with Crippen molar-refractivity contribution in [2.75, 3.05) is 14.2 Å². The van der Waals surface area contributed by atoms with Crippen molar-refractivity contribution in [3.05, 3.63) is 18.2 Å². The van der Waals surface area contributed by atoms with Crippen LogP contribution in [0.15, 0.2) is 27.8 Å². The van der Waals surface area contributed by atoms with E-state index in [-0.39, 0.29) is 17.2 Å². The van der Waals surface area contributed by atoms with Crippen LogP contribution in [0.3, 0.4) is 0 Å². The molecule has 0 saturated carbocycles. The summed E-state index contributed by atoms with van der Waals surface area (Å²) < 4.78 is 16.1. The van der Waals surface area contributed by atoms with Gasteiger partial charge in [-0.25, -0.2) is 0 Å². The number of rotatable bonds is 7. The molecule has 1 atom stereocenters. The second kappa shape index (κ2) is 8.05. The average molecular weight is 351 g/mol. The summed E-state index contributed by atoms with van der Waals surface area (Å²) in [7, 11) is 3.14. The highest BCUT2D eigenvalue weighted by Crippen LogP contribution is 2.31. The molecule has 1 aromatic carbocycles. The van der Waals surface area contributed by atoms with E-state index >= 15 is 0 Å². The van der Waals surface area contributed by atoms with Gasteiger partial charge in [-0.15, -0.1) is 10.2 Å². The Morgan fingerprint density at radius 1 is 1.12 bits per heavy atom. The number of hydrogen-bond acceptors (Lipinski definition) is 7. The second-order valence-corrected chi connectivity index (χ2v) is 6.69. The summed E-state index contributed by atoms with van der Waals surface area (Å²) in [5.41, 5.74) is 0.685. The topological polar surface area (TPSA) is 86.5 Å². The highest BCUT2D eigenvalue weighted by Gasteiger charge is 2.19. The van der Waals surface area contributed by atoms with Crippen molar-refractivity contribution < 1.29 is 18.7 Å². The summed E-state index contributed by atoms with van der Waals surface area (Å²) in [5.74, 6) is 1.52. The quantitative estimate of drug-likeness (QED) is 0.768. The highest BCUT2D eigenvalue weighted by atomic mass is 32.2. The molecular weight excluding hydrogens is 330 g/mol. The summed E-state index contributed by atoms with van der Waals surface area (Å²) in [5, 5.41) is 10.9. The monoisotopic (exact) mass is 351 g/mol. The molecular formula is C16H21N3O4S. The molecule has 0 radical (unpaired) electrons. The van der Waals surface area contributed by atoms with E-state index in [9.17, 15) is 4.79 Å². The fraction of sp³-hybridized carbons (Fsp3) is 0.438. The van der Waals surface area contributed by atoms with Crippen molar-refractivity contribution in [3.8, 4) is 23.0 Å². The van der Waals surface area contributed by atoms with E-state index in [1.807, 2.05) is 13.8 Å². The van der Waals surface area contributed by atoms with Gasteiger partial charge in [-0.1, -0.05) is 11.8 Å². The standard InChI is InChI=1S/C16H21N3O4S/c1-9(2)17-14(20)10(3)24-16-19-18-15(23-16)11-6-12(21-4)8-13(7-11)22-5/h6-10H,1-5H3,(H,17,20)/t10-/m0/s1. The van der Waals surface area contributed by atoms with Crippen molar-refractivity contribution >= 4 is 17.7 Å². The van der Waals surface area contributed by atoms with Crippen LogP contribution in [0.25, 0.3) is 11.5 Å². The van der Waals surface area contributed by atoms with Gasteiger partial charge in [-0.2, -0.15) is 0 Å². The SMILES string of the molecule is COc1cc(OC)cc(-c2nnc(S[C@@H](C)C(=O)NC(C)C)o2)c1. The molecule has 7 nitrogen and oxygen atoms in total. The van der Waals surface area contributed by atoms with Crippen LogP contribution in [0.1, 0.15) is 20.8 Å². The Morgan fingerprint density at radius 2 is 1.75 bits per heavy atom. The minimum absolute atomic E-state index is 0.0715. The summed E-state index contributed by atoms with van der Waals surface area (Å²) in [6.07, 6.45) is 0. The van der Waals surface area contributed by atoms with Gasteiger partial charge in [0.2, 0.25) is 11.8 Å². The Hall–Kier alpha value is -2.22. The molecule has 1 amide bonds. The number of amides is 1.